The van der Waals surface area contributed by atoms with Gasteiger partial charge in [0.2, 0.25) is 0 Å². The molecule has 1 aromatic heterocycles. The van der Waals surface area contributed by atoms with Crippen LogP contribution < -0.4 is 0 Å². The largest absolute Gasteiger partial charge is 0.361 e. The van der Waals surface area contributed by atoms with Gasteiger partial charge in [-0.2, -0.15) is 0 Å². The molecular formula is C10H8N2. The molecule has 2 heteroatoms. The molecule has 0 fully saturated rings. The summed E-state index contributed by atoms with van der Waals surface area (Å²) in [6, 6.07) is 6.33. The summed E-state index contributed by atoms with van der Waals surface area (Å²) in [5.41, 5.74) is 3.66. The van der Waals surface area contributed by atoms with E-state index in [1.54, 1.807) is 0 Å². The van der Waals surface area contributed by atoms with Gasteiger partial charge in [-0.3, -0.25) is 4.99 Å². The molecule has 0 saturated heterocycles. The minimum Gasteiger partial charge on any atom is -0.361 e. The third-order valence-electron chi connectivity index (χ3n) is 2.32. The van der Waals surface area contributed by atoms with Crippen LogP contribution in [0.1, 0.15) is 5.56 Å². The van der Waals surface area contributed by atoms with Crippen LogP contribution in [0.3, 0.4) is 0 Å². The Morgan fingerprint density at radius 2 is 2.25 bits per heavy atom. The lowest BCUT2D eigenvalue weighted by Crippen LogP contribution is -1.77. The monoisotopic (exact) mass is 156 g/mol. The van der Waals surface area contributed by atoms with Gasteiger partial charge in [0.1, 0.15) is 0 Å². The van der Waals surface area contributed by atoms with E-state index in [9.17, 15) is 0 Å². The number of aromatic amines is 1. The molecule has 12 heavy (non-hydrogen) atoms. The molecule has 3 rings (SSSR count). The van der Waals surface area contributed by atoms with Crippen molar-refractivity contribution in [1.29, 1.82) is 0 Å². The Labute approximate surface area is 69.9 Å². The van der Waals surface area contributed by atoms with Crippen LogP contribution in [0.2, 0.25) is 0 Å². The maximum absolute atomic E-state index is 4.35. The fourth-order valence-corrected chi connectivity index (χ4v) is 1.71. The molecule has 58 valence electrons. The Morgan fingerprint density at radius 3 is 3.25 bits per heavy atom. The predicted octanol–water partition coefficient (Wildman–Crippen LogP) is 2.43. The first-order chi connectivity index (χ1) is 5.95. The number of hydrogen-bond acceptors (Lipinski definition) is 1. The highest BCUT2D eigenvalue weighted by Gasteiger charge is 2.09. The van der Waals surface area contributed by atoms with Gasteiger partial charge in [0.15, 0.2) is 0 Å². The van der Waals surface area contributed by atoms with Crippen LogP contribution in [-0.2, 0) is 6.42 Å². The fourth-order valence-electron chi connectivity index (χ4n) is 1.71. The summed E-state index contributed by atoms with van der Waals surface area (Å²) >= 11 is 0. The van der Waals surface area contributed by atoms with Gasteiger partial charge in [0.05, 0.1) is 5.69 Å². The second-order valence-electron chi connectivity index (χ2n) is 3.03. The van der Waals surface area contributed by atoms with Crippen molar-refractivity contribution in [2.75, 3.05) is 0 Å². The average molecular weight is 156 g/mol. The van der Waals surface area contributed by atoms with Crippen LogP contribution in [0.4, 0.5) is 5.69 Å². The zero-order valence-corrected chi connectivity index (χ0v) is 6.54. The molecule has 0 spiro atoms. The number of benzene rings is 1. The fraction of sp³-hybridized carbons (Fsp3) is 0.100. The summed E-state index contributed by atoms with van der Waals surface area (Å²) in [6.07, 6.45) is 4.91. The number of aliphatic imine (C=N–C) groups is 1. The molecule has 0 unspecified atom stereocenters. The summed E-state index contributed by atoms with van der Waals surface area (Å²) in [5.74, 6) is 0. The number of H-pyrrole nitrogens is 1. The van der Waals surface area contributed by atoms with E-state index in [0.29, 0.717) is 0 Å². The molecule has 0 aliphatic carbocycles. The minimum absolute atomic E-state index is 0.983. The smallest absolute Gasteiger partial charge is 0.0755 e. The first-order valence-corrected chi connectivity index (χ1v) is 4.06. The zero-order chi connectivity index (χ0) is 7.97. The van der Waals surface area contributed by atoms with E-state index in [-0.39, 0.29) is 0 Å². The van der Waals surface area contributed by atoms with Crippen LogP contribution >= 0.6 is 0 Å². The molecule has 2 aromatic rings. The van der Waals surface area contributed by atoms with E-state index in [4.69, 9.17) is 0 Å². The average Bonchev–Trinajstić information content (AvgIpc) is 2.71. The van der Waals surface area contributed by atoms with Gasteiger partial charge < -0.3 is 4.98 Å². The molecule has 1 aliphatic heterocycles. The quantitative estimate of drug-likeness (QED) is 0.606. The second kappa shape index (κ2) is 1.97. The molecule has 1 aromatic carbocycles. The van der Waals surface area contributed by atoms with Gasteiger partial charge in [0, 0.05) is 29.7 Å². The van der Waals surface area contributed by atoms with E-state index < -0.39 is 0 Å². The third-order valence-corrected chi connectivity index (χ3v) is 2.32. The van der Waals surface area contributed by atoms with Gasteiger partial charge in [-0.1, -0.05) is 6.07 Å². The van der Waals surface area contributed by atoms with E-state index >= 15 is 0 Å². The summed E-state index contributed by atoms with van der Waals surface area (Å²) in [4.78, 5) is 7.53. The van der Waals surface area contributed by atoms with E-state index in [0.717, 1.165) is 12.1 Å². The van der Waals surface area contributed by atoms with Crippen molar-refractivity contribution in [3.63, 3.8) is 0 Å². The van der Waals surface area contributed by atoms with Crippen molar-refractivity contribution in [2.45, 2.75) is 6.42 Å². The van der Waals surface area contributed by atoms with Crippen LogP contribution in [0.25, 0.3) is 10.9 Å². The second-order valence-corrected chi connectivity index (χ2v) is 3.03. The normalized spacial score (nSPS) is 14.0. The Hall–Kier alpha value is -1.57. The van der Waals surface area contributed by atoms with Gasteiger partial charge in [-0.25, -0.2) is 0 Å². The molecular weight excluding hydrogens is 148 g/mol. The molecule has 1 N–H and O–H groups in total. The van der Waals surface area contributed by atoms with Crippen LogP contribution in [0.15, 0.2) is 29.4 Å². The van der Waals surface area contributed by atoms with E-state index in [1.807, 2.05) is 12.4 Å². The Bertz CT molecular complexity index is 466. The lowest BCUT2D eigenvalue weighted by Gasteiger charge is -1.97. The molecule has 0 radical (unpaired) electrons. The van der Waals surface area contributed by atoms with Crippen LogP contribution in [0.5, 0.6) is 0 Å². The number of rotatable bonds is 0. The predicted molar refractivity (Wildman–Crippen MR) is 50.2 cm³/mol. The Balaban J connectivity index is 2.52. The van der Waals surface area contributed by atoms with Crippen molar-refractivity contribution >= 4 is 22.8 Å². The molecule has 0 bridgehead atoms. The summed E-state index contributed by atoms with van der Waals surface area (Å²) in [6.45, 7) is 0. The zero-order valence-electron chi connectivity index (χ0n) is 6.54. The third kappa shape index (κ3) is 0.619. The first kappa shape index (κ1) is 6.00. The van der Waals surface area contributed by atoms with Gasteiger partial charge >= 0.3 is 0 Å². The van der Waals surface area contributed by atoms with Crippen molar-refractivity contribution < 1.29 is 0 Å². The summed E-state index contributed by atoms with van der Waals surface area (Å²) in [5, 5.41) is 1.24. The molecule has 2 nitrogen and oxygen atoms in total. The number of fused-ring (bicyclic) bond motifs is 3. The van der Waals surface area contributed by atoms with Gasteiger partial charge in [-0.15, -0.1) is 0 Å². The lowest BCUT2D eigenvalue weighted by molar-refractivity contribution is 1.42. The number of nitrogens with one attached hydrogen (secondary N) is 1. The lowest BCUT2D eigenvalue weighted by atomic mass is 10.1. The molecule has 0 saturated carbocycles. The van der Waals surface area contributed by atoms with Crippen molar-refractivity contribution in [3.05, 3.63) is 30.0 Å². The van der Waals surface area contributed by atoms with Crippen molar-refractivity contribution in [2.24, 2.45) is 4.99 Å². The Kier molecular flexibility index (Phi) is 0.987. The highest BCUT2D eigenvalue weighted by atomic mass is 14.8. The van der Waals surface area contributed by atoms with Crippen LogP contribution in [0, 0.1) is 0 Å². The SMILES string of the molecule is C1=Nc2c(ccc3[nH]ccc23)C1. The highest BCUT2D eigenvalue weighted by Crippen LogP contribution is 2.32. The van der Waals surface area contributed by atoms with Gasteiger partial charge in [0.25, 0.3) is 0 Å². The van der Waals surface area contributed by atoms with Crippen molar-refractivity contribution in [1.82, 2.24) is 4.98 Å². The standard InChI is InChI=1S/C10H8N2/c1-2-9-8(4-6-11-9)10-7(1)3-5-12-10/h1-2,4-6,11H,3H2. The highest BCUT2D eigenvalue weighted by molar-refractivity contribution is 5.96. The molecule has 0 amide bonds. The number of nitrogens with zero attached hydrogens (tertiary/aromatic N) is 1. The maximum Gasteiger partial charge on any atom is 0.0755 e. The minimum atomic E-state index is 0.983. The molecule has 0 atom stereocenters. The number of aromatic nitrogens is 1. The molecule has 2 heterocycles. The van der Waals surface area contributed by atoms with E-state index in [2.05, 4.69) is 28.2 Å². The van der Waals surface area contributed by atoms with E-state index in [1.165, 1.54) is 16.5 Å². The van der Waals surface area contributed by atoms with Gasteiger partial charge in [-0.05, 0) is 17.7 Å². The van der Waals surface area contributed by atoms with Crippen molar-refractivity contribution in [3.8, 4) is 0 Å². The Morgan fingerprint density at radius 1 is 1.25 bits per heavy atom. The maximum atomic E-state index is 4.35. The summed E-state index contributed by atoms with van der Waals surface area (Å²) in [7, 11) is 0. The molecule has 1 aliphatic rings. The topological polar surface area (TPSA) is 28.1 Å². The first-order valence-electron chi connectivity index (χ1n) is 4.06. The number of hydrogen-bond donors (Lipinski definition) is 1. The summed E-state index contributed by atoms with van der Waals surface area (Å²) < 4.78 is 0. The van der Waals surface area contributed by atoms with Crippen LogP contribution in [-0.4, -0.2) is 11.2 Å².